The minimum atomic E-state index is -0.223. The van der Waals surface area contributed by atoms with Gasteiger partial charge in [-0.05, 0) is 6.42 Å². The third-order valence-corrected chi connectivity index (χ3v) is 2.47. The second kappa shape index (κ2) is 8.72. The number of nitrogens with two attached hydrogens (primary N) is 1. The number of hydrogen-bond acceptors (Lipinski definition) is 2. The van der Waals surface area contributed by atoms with Crippen LogP contribution in [0.25, 0.3) is 0 Å². The number of primary amides is 1. The van der Waals surface area contributed by atoms with E-state index in [-0.39, 0.29) is 11.9 Å². The zero-order valence-electron chi connectivity index (χ0n) is 10.4. The highest BCUT2D eigenvalue weighted by atomic mass is 16.1. The fourth-order valence-electron chi connectivity index (χ4n) is 1.66. The molecule has 15 heavy (non-hydrogen) atoms. The van der Waals surface area contributed by atoms with Gasteiger partial charge in [0.25, 0.3) is 0 Å². The zero-order chi connectivity index (χ0) is 11.7. The molecule has 1 amide bonds. The standard InChI is InChI=1S/C12H26N2O/c1-4-5-6-7-8-9-11(12(13)15)14-10(2)3/h10-11,14H,4-9H2,1-3H3,(H2,13,15). The predicted octanol–water partition coefficient (Wildman–Crippen LogP) is 2.20. The molecule has 3 heteroatoms. The minimum Gasteiger partial charge on any atom is -0.368 e. The lowest BCUT2D eigenvalue weighted by molar-refractivity contribution is -0.120. The summed E-state index contributed by atoms with van der Waals surface area (Å²) in [7, 11) is 0. The van der Waals surface area contributed by atoms with E-state index in [1.165, 1.54) is 25.7 Å². The second-order valence-corrected chi connectivity index (χ2v) is 4.48. The lowest BCUT2D eigenvalue weighted by atomic mass is 10.1. The Morgan fingerprint density at radius 3 is 2.27 bits per heavy atom. The van der Waals surface area contributed by atoms with Gasteiger partial charge < -0.3 is 11.1 Å². The van der Waals surface area contributed by atoms with Gasteiger partial charge in [-0.3, -0.25) is 4.79 Å². The van der Waals surface area contributed by atoms with Crippen molar-refractivity contribution < 1.29 is 4.79 Å². The van der Waals surface area contributed by atoms with E-state index in [1.807, 2.05) is 13.8 Å². The first kappa shape index (κ1) is 14.4. The van der Waals surface area contributed by atoms with E-state index in [4.69, 9.17) is 5.73 Å². The summed E-state index contributed by atoms with van der Waals surface area (Å²) in [6.45, 7) is 6.27. The molecule has 3 N–H and O–H groups in total. The summed E-state index contributed by atoms with van der Waals surface area (Å²) in [5.41, 5.74) is 5.32. The van der Waals surface area contributed by atoms with Crippen LogP contribution in [0.5, 0.6) is 0 Å². The maximum atomic E-state index is 11.1. The van der Waals surface area contributed by atoms with Gasteiger partial charge in [0.2, 0.25) is 5.91 Å². The Kier molecular flexibility index (Phi) is 8.38. The van der Waals surface area contributed by atoms with Gasteiger partial charge in [-0.1, -0.05) is 52.9 Å². The van der Waals surface area contributed by atoms with E-state index >= 15 is 0 Å². The molecule has 0 radical (unpaired) electrons. The molecule has 0 saturated heterocycles. The normalized spacial score (nSPS) is 13.1. The molecule has 0 bridgehead atoms. The van der Waals surface area contributed by atoms with Crippen molar-refractivity contribution in [1.82, 2.24) is 5.32 Å². The van der Waals surface area contributed by atoms with Gasteiger partial charge in [0.05, 0.1) is 6.04 Å². The van der Waals surface area contributed by atoms with Crippen molar-refractivity contribution in [3.05, 3.63) is 0 Å². The summed E-state index contributed by atoms with van der Waals surface area (Å²) in [4.78, 5) is 11.1. The van der Waals surface area contributed by atoms with Crippen LogP contribution in [-0.4, -0.2) is 18.0 Å². The van der Waals surface area contributed by atoms with Gasteiger partial charge in [0.1, 0.15) is 0 Å². The molecule has 1 atom stereocenters. The molecule has 3 nitrogen and oxygen atoms in total. The molecule has 0 spiro atoms. The van der Waals surface area contributed by atoms with E-state index in [1.54, 1.807) is 0 Å². The van der Waals surface area contributed by atoms with Crippen molar-refractivity contribution in [2.75, 3.05) is 0 Å². The average Bonchev–Trinajstić information content (AvgIpc) is 2.15. The molecule has 0 heterocycles. The van der Waals surface area contributed by atoms with Gasteiger partial charge >= 0.3 is 0 Å². The highest BCUT2D eigenvalue weighted by Crippen LogP contribution is 2.07. The van der Waals surface area contributed by atoms with Crippen LogP contribution in [-0.2, 0) is 4.79 Å². The van der Waals surface area contributed by atoms with Crippen molar-refractivity contribution >= 4 is 5.91 Å². The molecule has 0 aromatic heterocycles. The van der Waals surface area contributed by atoms with Crippen molar-refractivity contribution in [2.24, 2.45) is 5.73 Å². The summed E-state index contributed by atoms with van der Waals surface area (Å²) in [6.07, 6.45) is 6.98. The van der Waals surface area contributed by atoms with Crippen LogP contribution in [0.3, 0.4) is 0 Å². The van der Waals surface area contributed by atoms with Crippen LogP contribution >= 0.6 is 0 Å². The summed E-state index contributed by atoms with van der Waals surface area (Å²) in [5, 5.41) is 3.20. The molecule has 0 aliphatic rings. The monoisotopic (exact) mass is 214 g/mol. The molecule has 0 rings (SSSR count). The van der Waals surface area contributed by atoms with E-state index in [9.17, 15) is 4.79 Å². The van der Waals surface area contributed by atoms with E-state index < -0.39 is 0 Å². The minimum absolute atomic E-state index is 0.147. The molecule has 0 saturated carbocycles. The summed E-state index contributed by atoms with van der Waals surface area (Å²) in [5.74, 6) is -0.223. The molecular formula is C12H26N2O. The van der Waals surface area contributed by atoms with Gasteiger partial charge in [-0.15, -0.1) is 0 Å². The topological polar surface area (TPSA) is 55.1 Å². The van der Waals surface area contributed by atoms with Crippen LogP contribution in [0.1, 0.15) is 59.3 Å². The Bertz CT molecular complexity index is 169. The van der Waals surface area contributed by atoms with E-state index in [0.717, 1.165) is 12.8 Å². The first-order valence-electron chi connectivity index (χ1n) is 6.13. The fraction of sp³-hybridized carbons (Fsp3) is 0.917. The van der Waals surface area contributed by atoms with Crippen molar-refractivity contribution in [2.45, 2.75) is 71.4 Å². The average molecular weight is 214 g/mol. The molecule has 0 fully saturated rings. The van der Waals surface area contributed by atoms with Crippen LogP contribution in [0.4, 0.5) is 0 Å². The highest BCUT2D eigenvalue weighted by Gasteiger charge is 2.14. The smallest absolute Gasteiger partial charge is 0.234 e. The SMILES string of the molecule is CCCCCCCC(NC(C)C)C(N)=O. The van der Waals surface area contributed by atoms with Gasteiger partial charge in [-0.2, -0.15) is 0 Å². The molecule has 0 aromatic rings. The number of hydrogen-bond donors (Lipinski definition) is 2. The number of amides is 1. The quantitative estimate of drug-likeness (QED) is 0.578. The molecule has 1 unspecified atom stereocenters. The molecule has 0 aromatic carbocycles. The number of carbonyl (C=O) groups is 1. The number of nitrogens with one attached hydrogen (secondary N) is 1. The highest BCUT2D eigenvalue weighted by molar-refractivity contribution is 5.79. The van der Waals surface area contributed by atoms with Gasteiger partial charge in [0.15, 0.2) is 0 Å². The third-order valence-electron chi connectivity index (χ3n) is 2.47. The number of rotatable bonds is 9. The Hall–Kier alpha value is -0.570. The largest absolute Gasteiger partial charge is 0.368 e. The van der Waals surface area contributed by atoms with Gasteiger partial charge in [-0.25, -0.2) is 0 Å². The Morgan fingerprint density at radius 2 is 1.80 bits per heavy atom. The molecule has 0 aliphatic carbocycles. The van der Waals surface area contributed by atoms with Crippen molar-refractivity contribution in [1.29, 1.82) is 0 Å². The van der Waals surface area contributed by atoms with Crippen LogP contribution in [0.2, 0.25) is 0 Å². The molecule has 0 aliphatic heterocycles. The zero-order valence-corrected chi connectivity index (χ0v) is 10.4. The number of unbranched alkanes of at least 4 members (excludes halogenated alkanes) is 4. The van der Waals surface area contributed by atoms with Crippen molar-refractivity contribution in [3.63, 3.8) is 0 Å². The fourth-order valence-corrected chi connectivity index (χ4v) is 1.66. The predicted molar refractivity (Wildman–Crippen MR) is 64.6 cm³/mol. The Morgan fingerprint density at radius 1 is 1.20 bits per heavy atom. The maximum absolute atomic E-state index is 11.1. The van der Waals surface area contributed by atoms with Crippen LogP contribution in [0, 0.1) is 0 Å². The second-order valence-electron chi connectivity index (χ2n) is 4.48. The van der Waals surface area contributed by atoms with Crippen molar-refractivity contribution in [3.8, 4) is 0 Å². The summed E-state index contributed by atoms with van der Waals surface area (Å²) >= 11 is 0. The summed E-state index contributed by atoms with van der Waals surface area (Å²) < 4.78 is 0. The van der Waals surface area contributed by atoms with Crippen LogP contribution in [0.15, 0.2) is 0 Å². The summed E-state index contributed by atoms with van der Waals surface area (Å²) in [6, 6.07) is 0.171. The first-order valence-corrected chi connectivity index (χ1v) is 6.13. The van der Waals surface area contributed by atoms with E-state index in [2.05, 4.69) is 12.2 Å². The van der Waals surface area contributed by atoms with Crippen LogP contribution < -0.4 is 11.1 Å². The molecule has 90 valence electrons. The lowest BCUT2D eigenvalue weighted by Crippen LogP contribution is -2.44. The Labute approximate surface area is 93.8 Å². The number of carbonyl (C=O) groups excluding carboxylic acids is 1. The molecular weight excluding hydrogens is 188 g/mol. The first-order chi connectivity index (χ1) is 7.07. The van der Waals surface area contributed by atoms with E-state index in [0.29, 0.717) is 6.04 Å². The maximum Gasteiger partial charge on any atom is 0.234 e. The van der Waals surface area contributed by atoms with Gasteiger partial charge in [0, 0.05) is 6.04 Å². The third kappa shape index (κ3) is 8.43. The lowest BCUT2D eigenvalue weighted by Gasteiger charge is -2.17. The Balaban J connectivity index is 3.62.